The molecule has 0 aliphatic carbocycles. The maximum Gasteiger partial charge on any atom is 0.155 e. The van der Waals surface area contributed by atoms with E-state index < -0.39 is 5.75 Å². The van der Waals surface area contributed by atoms with E-state index in [9.17, 15) is 5.11 Å². The van der Waals surface area contributed by atoms with Crippen molar-refractivity contribution in [2.24, 2.45) is 0 Å². The molecule has 0 amide bonds. The van der Waals surface area contributed by atoms with Gasteiger partial charge in [0.1, 0.15) is 16.7 Å². The minimum atomic E-state index is -0.455. The number of phenolic OH excluding ortho intramolecular Hbond substituents is 1. The van der Waals surface area contributed by atoms with Gasteiger partial charge in [0.05, 0.1) is 15.1 Å². The van der Waals surface area contributed by atoms with Crippen LogP contribution in [-0.2, 0) is 0 Å². The fourth-order valence-corrected chi connectivity index (χ4v) is 1.61. The van der Waals surface area contributed by atoms with Crippen molar-refractivity contribution in [3.8, 4) is 11.8 Å². The number of rotatable bonds is 0. The Balaban J connectivity index is 3.69. The van der Waals surface area contributed by atoms with Crippen molar-refractivity contribution in [1.82, 2.24) is 0 Å². The molecule has 0 spiro atoms. The Morgan fingerprint density at radius 1 is 0.923 bits per heavy atom. The molecule has 0 saturated carbocycles. The molecule has 0 fully saturated rings. The number of nitrogens with zero attached hydrogens (tertiary/aromatic N) is 1. The molecule has 2 nitrogen and oxygen atoms in total. The monoisotopic (exact) mass is 255 g/mol. The van der Waals surface area contributed by atoms with Gasteiger partial charge in [-0.2, -0.15) is 5.26 Å². The molecule has 0 saturated heterocycles. The van der Waals surface area contributed by atoms with Gasteiger partial charge in [0, 0.05) is 0 Å². The van der Waals surface area contributed by atoms with Crippen LogP contribution < -0.4 is 0 Å². The Morgan fingerprint density at radius 2 is 1.38 bits per heavy atom. The SMILES string of the molecule is N#Cc1c(O)c(Cl)c(Cl)c(Cl)c1Cl. The van der Waals surface area contributed by atoms with Crippen LogP contribution in [0.5, 0.6) is 5.75 Å². The lowest BCUT2D eigenvalue weighted by Crippen LogP contribution is -1.84. The second kappa shape index (κ2) is 3.81. The highest BCUT2D eigenvalue weighted by Crippen LogP contribution is 2.44. The van der Waals surface area contributed by atoms with Gasteiger partial charge >= 0.3 is 0 Å². The van der Waals surface area contributed by atoms with Crippen LogP contribution in [-0.4, -0.2) is 5.11 Å². The summed E-state index contributed by atoms with van der Waals surface area (Å²) in [6, 6.07) is 1.66. The molecule has 0 aliphatic heterocycles. The van der Waals surface area contributed by atoms with Crippen LogP contribution in [0, 0.1) is 11.3 Å². The first kappa shape index (κ1) is 10.7. The van der Waals surface area contributed by atoms with E-state index >= 15 is 0 Å². The van der Waals surface area contributed by atoms with E-state index in [1.165, 1.54) is 0 Å². The van der Waals surface area contributed by atoms with Crippen LogP contribution in [0.1, 0.15) is 5.56 Å². The molecule has 0 bridgehead atoms. The lowest BCUT2D eigenvalue weighted by Gasteiger charge is -2.06. The topological polar surface area (TPSA) is 44.0 Å². The minimum absolute atomic E-state index is 0.0392. The van der Waals surface area contributed by atoms with Crippen LogP contribution in [0.3, 0.4) is 0 Å². The van der Waals surface area contributed by atoms with Crippen molar-refractivity contribution in [2.75, 3.05) is 0 Å². The van der Waals surface area contributed by atoms with Crippen LogP contribution in [0.2, 0.25) is 20.1 Å². The number of halogens is 4. The molecule has 0 aliphatic rings. The molecule has 13 heavy (non-hydrogen) atoms. The fraction of sp³-hybridized carbons (Fsp3) is 0. The smallest absolute Gasteiger partial charge is 0.155 e. The van der Waals surface area contributed by atoms with E-state index in [0.29, 0.717) is 0 Å². The summed E-state index contributed by atoms with van der Waals surface area (Å²) >= 11 is 22.4. The average Bonchev–Trinajstić information content (AvgIpc) is 2.13. The van der Waals surface area contributed by atoms with E-state index in [0.717, 1.165) is 0 Å². The number of nitriles is 1. The van der Waals surface area contributed by atoms with Crippen molar-refractivity contribution in [3.05, 3.63) is 25.7 Å². The van der Waals surface area contributed by atoms with E-state index in [1.807, 2.05) is 0 Å². The standard InChI is InChI=1S/C7HCl4NO/c8-3-2(1-12)7(13)6(11)5(10)4(3)9/h13H. The van der Waals surface area contributed by atoms with Crippen LogP contribution >= 0.6 is 46.4 Å². The molecule has 1 aromatic carbocycles. The molecule has 0 unspecified atom stereocenters. The average molecular weight is 257 g/mol. The van der Waals surface area contributed by atoms with Gasteiger partial charge in [-0.15, -0.1) is 0 Å². The van der Waals surface area contributed by atoms with E-state index in [2.05, 4.69) is 0 Å². The quantitative estimate of drug-likeness (QED) is 0.566. The Bertz CT molecular complexity index is 381. The number of phenols is 1. The summed E-state index contributed by atoms with van der Waals surface area (Å²) in [5.74, 6) is -0.455. The maximum absolute atomic E-state index is 9.30. The number of hydrogen-bond donors (Lipinski definition) is 1. The van der Waals surface area contributed by atoms with Gasteiger partial charge in [-0.05, 0) is 0 Å². The highest BCUT2D eigenvalue weighted by Gasteiger charge is 2.19. The van der Waals surface area contributed by atoms with E-state index in [-0.39, 0.29) is 25.7 Å². The molecular weight excluding hydrogens is 256 g/mol. The van der Waals surface area contributed by atoms with Crippen molar-refractivity contribution >= 4 is 46.4 Å². The lowest BCUT2D eigenvalue weighted by atomic mass is 10.2. The second-order valence-corrected chi connectivity index (χ2v) is 3.60. The van der Waals surface area contributed by atoms with Gasteiger partial charge in [0.2, 0.25) is 0 Å². The van der Waals surface area contributed by atoms with Crippen LogP contribution in [0.15, 0.2) is 0 Å². The molecule has 0 radical (unpaired) electrons. The Kier molecular flexibility index (Phi) is 3.15. The zero-order valence-corrected chi connectivity index (χ0v) is 8.93. The molecule has 1 aromatic rings. The first-order valence-corrected chi connectivity index (χ1v) is 4.47. The van der Waals surface area contributed by atoms with Gasteiger partial charge in [-0.3, -0.25) is 0 Å². The van der Waals surface area contributed by atoms with Crippen molar-refractivity contribution in [1.29, 1.82) is 5.26 Å². The van der Waals surface area contributed by atoms with Crippen molar-refractivity contribution < 1.29 is 5.11 Å². The summed E-state index contributed by atoms with van der Waals surface area (Å²) in [5.41, 5.74) is -0.180. The minimum Gasteiger partial charge on any atom is -0.505 e. The largest absolute Gasteiger partial charge is 0.505 e. The first-order chi connectivity index (χ1) is 6.00. The molecule has 0 aromatic heterocycles. The Morgan fingerprint density at radius 3 is 1.85 bits per heavy atom. The predicted molar refractivity (Wildman–Crippen MR) is 52.9 cm³/mol. The van der Waals surface area contributed by atoms with Crippen LogP contribution in [0.25, 0.3) is 0 Å². The zero-order valence-electron chi connectivity index (χ0n) is 5.91. The predicted octanol–water partition coefficient (Wildman–Crippen LogP) is 3.88. The summed E-state index contributed by atoms with van der Waals surface area (Å²) in [4.78, 5) is 0. The van der Waals surface area contributed by atoms with Gasteiger partial charge in [0.25, 0.3) is 0 Å². The second-order valence-electron chi connectivity index (χ2n) is 2.09. The molecule has 6 heteroatoms. The fourth-order valence-electron chi connectivity index (χ4n) is 0.722. The first-order valence-electron chi connectivity index (χ1n) is 2.95. The Hall–Kier alpha value is -0.330. The van der Waals surface area contributed by atoms with Gasteiger partial charge in [-0.1, -0.05) is 46.4 Å². The summed E-state index contributed by atoms with van der Waals surface area (Å²) in [5, 5.41) is 17.5. The van der Waals surface area contributed by atoms with E-state index in [4.69, 9.17) is 51.7 Å². The highest BCUT2D eigenvalue weighted by atomic mass is 35.5. The van der Waals surface area contributed by atoms with Crippen LogP contribution in [0.4, 0.5) is 0 Å². The zero-order chi connectivity index (χ0) is 10.2. The van der Waals surface area contributed by atoms with Gasteiger partial charge < -0.3 is 5.11 Å². The number of hydrogen-bond acceptors (Lipinski definition) is 2. The third kappa shape index (κ3) is 1.66. The Labute approximate surface area is 94.2 Å². The molecule has 0 heterocycles. The van der Waals surface area contributed by atoms with Gasteiger partial charge in [-0.25, -0.2) is 0 Å². The van der Waals surface area contributed by atoms with Crippen molar-refractivity contribution in [2.45, 2.75) is 0 Å². The molecular formula is C7HCl4NO. The normalized spacial score (nSPS) is 9.77. The third-order valence-electron chi connectivity index (χ3n) is 1.35. The summed E-state index contributed by atoms with van der Waals surface area (Å²) in [6.07, 6.45) is 0. The molecule has 1 rings (SSSR count). The molecule has 1 N–H and O–H groups in total. The van der Waals surface area contributed by atoms with Crippen molar-refractivity contribution in [3.63, 3.8) is 0 Å². The maximum atomic E-state index is 9.30. The highest BCUT2D eigenvalue weighted by molar-refractivity contribution is 6.52. The summed E-state index contributed by atoms with van der Waals surface area (Å²) < 4.78 is 0. The lowest BCUT2D eigenvalue weighted by molar-refractivity contribution is 0.474. The molecule has 68 valence electrons. The summed E-state index contributed by atoms with van der Waals surface area (Å²) in [6.45, 7) is 0. The van der Waals surface area contributed by atoms with E-state index in [1.54, 1.807) is 6.07 Å². The third-order valence-corrected chi connectivity index (χ3v) is 3.15. The number of aromatic hydroxyl groups is 1. The summed E-state index contributed by atoms with van der Waals surface area (Å²) in [7, 11) is 0. The number of benzene rings is 1. The molecule has 0 atom stereocenters. The van der Waals surface area contributed by atoms with Gasteiger partial charge in [0.15, 0.2) is 5.75 Å².